The van der Waals surface area contributed by atoms with Crippen LogP contribution in [0.4, 0.5) is 4.39 Å². The fraction of sp³-hybridized carbons (Fsp3) is 0.500. The third-order valence-electron chi connectivity index (χ3n) is 3.25. The van der Waals surface area contributed by atoms with E-state index in [0.717, 1.165) is 25.7 Å². The van der Waals surface area contributed by atoms with Gasteiger partial charge in [0.15, 0.2) is 0 Å². The van der Waals surface area contributed by atoms with Crippen LogP contribution in [0.1, 0.15) is 37.2 Å². The van der Waals surface area contributed by atoms with Gasteiger partial charge in [0.05, 0.1) is 0 Å². The number of rotatable bonds is 2. The standard InChI is InChI=1S/C12H14FN3/c13-11-5-1-9(2-6-11)10-3-7-12(8-4-10)15-16-14/h1-2,5-6,10,12H,3-4,7-8H2. The molecule has 0 bridgehead atoms. The van der Waals surface area contributed by atoms with Gasteiger partial charge in [0, 0.05) is 11.0 Å². The van der Waals surface area contributed by atoms with E-state index in [9.17, 15) is 4.39 Å². The number of benzene rings is 1. The maximum absolute atomic E-state index is 12.8. The highest BCUT2D eigenvalue weighted by atomic mass is 19.1. The lowest BCUT2D eigenvalue weighted by Gasteiger charge is -2.26. The quantitative estimate of drug-likeness (QED) is 0.407. The van der Waals surface area contributed by atoms with Gasteiger partial charge in [0.1, 0.15) is 5.82 Å². The molecule has 1 aromatic carbocycles. The van der Waals surface area contributed by atoms with Gasteiger partial charge >= 0.3 is 0 Å². The number of hydrogen-bond donors (Lipinski definition) is 0. The number of nitrogens with zero attached hydrogens (tertiary/aromatic N) is 3. The van der Waals surface area contributed by atoms with Crippen molar-refractivity contribution in [2.45, 2.75) is 37.6 Å². The Kier molecular flexibility index (Phi) is 3.42. The molecule has 1 aliphatic rings. The highest BCUT2D eigenvalue weighted by molar-refractivity contribution is 5.21. The minimum absolute atomic E-state index is 0.154. The Morgan fingerprint density at radius 2 is 1.75 bits per heavy atom. The van der Waals surface area contributed by atoms with E-state index in [0.29, 0.717) is 5.92 Å². The Morgan fingerprint density at radius 3 is 2.31 bits per heavy atom. The van der Waals surface area contributed by atoms with E-state index >= 15 is 0 Å². The van der Waals surface area contributed by atoms with Crippen molar-refractivity contribution < 1.29 is 4.39 Å². The number of azide groups is 1. The average molecular weight is 219 g/mol. The predicted molar refractivity (Wildman–Crippen MR) is 60.5 cm³/mol. The van der Waals surface area contributed by atoms with Crippen molar-refractivity contribution in [3.8, 4) is 0 Å². The smallest absolute Gasteiger partial charge is 0.123 e. The van der Waals surface area contributed by atoms with E-state index in [1.807, 2.05) is 12.1 Å². The molecular formula is C12H14FN3. The average Bonchev–Trinajstić information content (AvgIpc) is 2.32. The van der Waals surface area contributed by atoms with Gasteiger partial charge in [-0.2, -0.15) is 0 Å². The van der Waals surface area contributed by atoms with Crippen LogP contribution >= 0.6 is 0 Å². The molecule has 16 heavy (non-hydrogen) atoms. The fourth-order valence-electron chi connectivity index (χ4n) is 2.33. The molecule has 1 saturated carbocycles. The molecule has 1 aliphatic carbocycles. The molecule has 0 aliphatic heterocycles. The van der Waals surface area contributed by atoms with Gasteiger partial charge in [-0.1, -0.05) is 17.2 Å². The van der Waals surface area contributed by atoms with Gasteiger partial charge in [0.25, 0.3) is 0 Å². The summed E-state index contributed by atoms with van der Waals surface area (Å²) in [6.45, 7) is 0. The lowest BCUT2D eigenvalue weighted by atomic mass is 9.82. The minimum atomic E-state index is -0.188. The Hall–Kier alpha value is -1.54. The first kappa shape index (κ1) is 11.0. The van der Waals surface area contributed by atoms with Gasteiger partial charge in [0.2, 0.25) is 0 Å². The second kappa shape index (κ2) is 4.99. The van der Waals surface area contributed by atoms with Crippen LogP contribution in [0, 0.1) is 5.82 Å². The monoisotopic (exact) mass is 219 g/mol. The van der Waals surface area contributed by atoms with E-state index in [1.165, 1.54) is 17.7 Å². The van der Waals surface area contributed by atoms with Crippen molar-refractivity contribution >= 4 is 0 Å². The van der Waals surface area contributed by atoms with Gasteiger partial charge in [-0.15, -0.1) is 0 Å². The fourth-order valence-corrected chi connectivity index (χ4v) is 2.33. The van der Waals surface area contributed by atoms with Crippen molar-refractivity contribution in [3.05, 3.63) is 46.1 Å². The molecule has 84 valence electrons. The number of halogens is 1. The Labute approximate surface area is 93.9 Å². The second-order valence-corrected chi connectivity index (χ2v) is 4.26. The molecule has 3 nitrogen and oxygen atoms in total. The summed E-state index contributed by atoms with van der Waals surface area (Å²) in [5.74, 6) is 0.303. The van der Waals surface area contributed by atoms with Gasteiger partial charge in [-0.3, -0.25) is 0 Å². The molecule has 0 radical (unpaired) electrons. The van der Waals surface area contributed by atoms with Crippen LogP contribution in [0.2, 0.25) is 0 Å². The topological polar surface area (TPSA) is 48.8 Å². The molecule has 1 aromatic rings. The summed E-state index contributed by atoms with van der Waals surface area (Å²) in [6.07, 6.45) is 3.92. The molecule has 0 N–H and O–H groups in total. The van der Waals surface area contributed by atoms with Crippen LogP contribution in [-0.2, 0) is 0 Å². The van der Waals surface area contributed by atoms with Crippen LogP contribution in [0.25, 0.3) is 10.4 Å². The second-order valence-electron chi connectivity index (χ2n) is 4.26. The zero-order valence-corrected chi connectivity index (χ0v) is 9.01. The summed E-state index contributed by atoms with van der Waals surface area (Å²) < 4.78 is 12.8. The van der Waals surface area contributed by atoms with Crippen molar-refractivity contribution in [1.29, 1.82) is 0 Å². The lowest BCUT2D eigenvalue weighted by molar-refractivity contribution is 0.394. The predicted octanol–water partition coefficient (Wildman–Crippen LogP) is 4.16. The first-order valence-corrected chi connectivity index (χ1v) is 5.59. The van der Waals surface area contributed by atoms with E-state index < -0.39 is 0 Å². The SMILES string of the molecule is [N-]=[N+]=NC1CCC(c2ccc(F)cc2)CC1. The van der Waals surface area contributed by atoms with Crippen LogP contribution in [0.15, 0.2) is 29.4 Å². The summed E-state index contributed by atoms with van der Waals surface area (Å²) >= 11 is 0. The molecule has 2 rings (SSSR count). The molecule has 0 atom stereocenters. The summed E-state index contributed by atoms with van der Waals surface area (Å²) in [4.78, 5) is 2.84. The molecule has 0 unspecified atom stereocenters. The lowest BCUT2D eigenvalue weighted by Crippen LogP contribution is -2.15. The van der Waals surface area contributed by atoms with E-state index in [-0.39, 0.29) is 11.9 Å². The van der Waals surface area contributed by atoms with E-state index in [1.54, 1.807) is 0 Å². The van der Waals surface area contributed by atoms with Crippen LogP contribution in [0.5, 0.6) is 0 Å². The first-order valence-electron chi connectivity index (χ1n) is 5.59. The summed E-state index contributed by atoms with van der Waals surface area (Å²) in [7, 11) is 0. The van der Waals surface area contributed by atoms with Crippen LogP contribution < -0.4 is 0 Å². The van der Waals surface area contributed by atoms with Gasteiger partial charge in [-0.05, 0) is 54.8 Å². The minimum Gasteiger partial charge on any atom is -0.207 e. The normalized spacial score (nSPS) is 24.8. The Bertz CT molecular complexity index is 387. The van der Waals surface area contributed by atoms with Gasteiger partial charge < -0.3 is 0 Å². The highest BCUT2D eigenvalue weighted by Gasteiger charge is 2.21. The molecule has 0 heterocycles. The maximum atomic E-state index is 12.8. The molecule has 1 fully saturated rings. The largest absolute Gasteiger partial charge is 0.207 e. The summed E-state index contributed by atoms with van der Waals surface area (Å²) in [6, 6.07) is 6.88. The van der Waals surface area contributed by atoms with Crippen LogP contribution in [-0.4, -0.2) is 6.04 Å². The Balaban J connectivity index is 1.98. The molecule has 0 spiro atoms. The molecule has 0 saturated heterocycles. The number of hydrogen-bond acceptors (Lipinski definition) is 1. The third kappa shape index (κ3) is 2.52. The third-order valence-corrected chi connectivity index (χ3v) is 3.25. The van der Waals surface area contributed by atoms with E-state index in [2.05, 4.69) is 10.0 Å². The summed E-state index contributed by atoms with van der Waals surface area (Å²) in [5.41, 5.74) is 9.54. The molecule has 4 heteroatoms. The van der Waals surface area contributed by atoms with Crippen molar-refractivity contribution in [2.75, 3.05) is 0 Å². The van der Waals surface area contributed by atoms with E-state index in [4.69, 9.17) is 5.53 Å². The Morgan fingerprint density at radius 1 is 1.12 bits per heavy atom. The molecule has 0 aromatic heterocycles. The zero-order valence-electron chi connectivity index (χ0n) is 9.01. The van der Waals surface area contributed by atoms with Crippen LogP contribution in [0.3, 0.4) is 0 Å². The van der Waals surface area contributed by atoms with Crippen molar-refractivity contribution in [3.63, 3.8) is 0 Å². The first-order chi connectivity index (χ1) is 7.79. The molecule has 0 amide bonds. The van der Waals surface area contributed by atoms with Crippen molar-refractivity contribution in [2.24, 2.45) is 5.11 Å². The zero-order chi connectivity index (χ0) is 11.4. The van der Waals surface area contributed by atoms with Gasteiger partial charge in [-0.25, -0.2) is 4.39 Å². The summed E-state index contributed by atoms with van der Waals surface area (Å²) in [5, 5.41) is 3.75. The highest BCUT2D eigenvalue weighted by Crippen LogP contribution is 2.33. The van der Waals surface area contributed by atoms with Crippen molar-refractivity contribution in [1.82, 2.24) is 0 Å². The molecular weight excluding hydrogens is 205 g/mol. The maximum Gasteiger partial charge on any atom is 0.123 e.